The molecule has 3 N–H and O–H groups in total. The highest BCUT2D eigenvalue weighted by atomic mass is 14.9. The lowest BCUT2D eigenvalue weighted by atomic mass is 10.1. The molecular formula is C10H22N2. The summed E-state index contributed by atoms with van der Waals surface area (Å²) in [5.41, 5.74) is 6.88. The normalized spacial score (nSPS) is 15.0. The van der Waals surface area contributed by atoms with E-state index in [0.29, 0.717) is 18.5 Å². The van der Waals surface area contributed by atoms with E-state index in [9.17, 15) is 0 Å². The van der Waals surface area contributed by atoms with Crippen LogP contribution in [0.2, 0.25) is 0 Å². The van der Waals surface area contributed by atoms with Crippen molar-refractivity contribution in [3.05, 3.63) is 11.8 Å². The Balaban J connectivity index is 3.94. The summed E-state index contributed by atoms with van der Waals surface area (Å²) in [6.45, 7) is 9.32. The van der Waals surface area contributed by atoms with Gasteiger partial charge >= 0.3 is 0 Å². The van der Waals surface area contributed by atoms with Crippen LogP contribution in [-0.2, 0) is 0 Å². The minimum atomic E-state index is 0.547. The van der Waals surface area contributed by atoms with Gasteiger partial charge < -0.3 is 11.1 Å². The Morgan fingerprint density at radius 1 is 1.42 bits per heavy atom. The van der Waals surface area contributed by atoms with Gasteiger partial charge in [0.15, 0.2) is 0 Å². The zero-order valence-electron chi connectivity index (χ0n) is 8.72. The van der Waals surface area contributed by atoms with Crippen LogP contribution in [0.5, 0.6) is 0 Å². The van der Waals surface area contributed by atoms with Crippen molar-refractivity contribution in [2.45, 2.75) is 40.2 Å². The van der Waals surface area contributed by atoms with Gasteiger partial charge in [0.1, 0.15) is 0 Å². The molecule has 0 aliphatic rings. The van der Waals surface area contributed by atoms with Gasteiger partial charge in [-0.15, -0.1) is 0 Å². The van der Waals surface area contributed by atoms with Crippen LogP contribution in [0.4, 0.5) is 0 Å². The van der Waals surface area contributed by atoms with Crippen LogP contribution >= 0.6 is 0 Å². The highest BCUT2D eigenvalue weighted by molar-refractivity contribution is 5.05. The van der Waals surface area contributed by atoms with Crippen LogP contribution in [0.1, 0.15) is 34.1 Å². The maximum absolute atomic E-state index is 5.59. The van der Waals surface area contributed by atoms with Gasteiger partial charge in [-0.2, -0.15) is 0 Å². The van der Waals surface area contributed by atoms with Crippen LogP contribution in [-0.4, -0.2) is 12.6 Å². The first-order valence-electron chi connectivity index (χ1n) is 4.76. The largest absolute Gasteiger partial charge is 0.388 e. The average molecular weight is 170 g/mol. The van der Waals surface area contributed by atoms with Crippen molar-refractivity contribution in [3.63, 3.8) is 0 Å². The van der Waals surface area contributed by atoms with Crippen molar-refractivity contribution in [3.8, 4) is 0 Å². The molecule has 12 heavy (non-hydrogen) atoms. The van der Waals surface area contributed by atoms with Crippen LogP contribution in [0.3, 0.4) is 0 Å². The van der Waals surface area contributed by atoms with Crippen molar-refractivity contribution in [2.75, 3.05) is 6.54 Å². The fourth-order valence-electron chi connectivity index (χ4n) is 0.828. The molecule has 2 nitrogen and oxygen atoms in total. The van der Waals surface area contributed by atoms with E-state index in [1.54, 1.807) is 0 Å². The van der Waals surface area contributed by atoms with E-state index >= 15 is 0 Å². The molecule has 0 saturated carbocycles. The molecule has 0 aromatic rings. The second-order valence-corrected chi connectivity index (χ2v) is 3.55. The molecular weight excluding hydrogens is 148 g/mol. The maximum Gasteiger partial charge on any atom is 0.0224 e. The van der Waals surface area contributed by atoms with Crippen LogP contribution in [0, 0.1) is 5.92 Å². The number of hydrogen-bond acceptors (Lipinski definition) is 2. The summed E-state index contributed by atoms with van der Waals surface area (Å²) in [6.07, 6.45) is 3.21. The molecule has 0 bridgehead atoms. The molecule has 2 heteroatoms. The molecule has 0 rings (SSSR count). The first kappa shape index (κ1) is 11.5. The third kappa shape index (κ3) is 4.39. The highest BCUT2D eigenvalue weighted by Gasteiger charge is 2.00. The molecule has 0 fully saturated rings. The Bertz CT molecular complexity index is 139. The summed E-state index contributed by atoms with van der Waals surface area (Å²) in [7, 11) is 0. The van der Waals surface area contributed by atoms with Gasteiger partial charge in [0.05, 0.1) is 0 Å². The molecule has 0 saturated heterocycles. The van der Waals surface area contributed by atoms with Crippen LogP contribution < -0.4 is 11.1 Å². The zero-order chi connectivity index (χ0) is 9.56. The van der Waals surface area contributed by atoms with E-state index in [-0.39, 0.29) is 0 Å². The van der Waals surface area contributed by atoms with Gasteiger partial charge in [-0.1, -0.05) is 20.8 Å². The summed E-state index contributed by atoms with van der Waals surface area (Å²) >= 11 is 0. The van der Waals surface area contributed by atoms with Gasteiger partial charge in [0.25, 0.3) is 0 Å². The maximum atomic E-state index is 5.59. The fourth-order valence-corrected chi connectivity index (χ4v) is 0.828. The first-order valence-corrected chi connectivity index (χ1v) is 4.76. The standard InChI is InChI=1S/C10H22N2/c1-5-9(4)12-7-10(6-11)8(2)3/h7-9,12H,5-6,11H2,1-4H3/b10-7+/t9-/m1/s1. The summed E-state index contributed by atoms with van der Waals surface area (Å²) in [5, 5.41) is 3.32. The molecule has 0 aliphatic carbocycles. The molecule has 0 unspecified atom stereocenters. The molecule has 0 amide bonds. The van der Waals surface area contributed by atoms with Gasteiger partial charge in [-0.3, -0.25) is 0 Å². The SMILES string of the molecule is CC[C@@H](C)N/C=C(\CN)C(C)C. The lowest BCUT2D eigenvalue weighted by molar-refractivity contribution is 0.606. The first-order chi connectivity index (χ1) is 5.61. The molecule has 1 atom stereocenters. The molecule has 0 heterocycles. The Kier molecular flexibility index (Phi) is 5.81. The number of nitrogens with two attached hydrogens (primary N) is 1. The molecule has 0 aromatic carbocycles. The minimum absolute atomic E-state index is 0.547. The Hall–Kier alpha value is -0.500. The van der Waals surface area contributed by atoms with Gasteiger partial charge in [-0.05, 0) is 31.0 Å². The van der Waals surface area contributed by atoms with Gasteiger partial charge in [-0.25, -0.2) is 0 Å². The van der Waals surface area contributed by atoms with Crippen LogP contribution in [0.15, 0.2) is 11.8 Å². The molecule has 0 aliphatic heterocycles. The second-order valence-electron chi connectivity index (χ2n) is 3.55. The third-order valence-electron chi connectivity index (χ3n) is 2.14. The average Bonchev–Trinajstić information content (AvgIpc) is 2.04. The second kappa shape index (κ2) is 6.06. The van der Waals surface area contributed by atoms with Gasteiger partial charge in [0.2, 0.25) is 0 Å². The minimum Gasteiger partial charge on any atom is -0.388 e. The van der Waals surface area contributed by atoms with E-state index in [1.807, 2.05) is 0 Å². The van der Waals surface area contributed by atoms with Gasteiger partial charge in [0, 0.05) is 12.6 Å². The summed E-state index contributed by atoms with van der Waals surface area (Å²) in [6, 6.07) is 0.547. The van der Waals surface area contributed by atoms with E-state index in [1.165, 1.54) is 5.57 Å². The van der Waals surface area contributed by atoms with Crippen LogP contribution in [0.25, 0.3) is 0 Å². The third-order valence-corrected chi connectivity index (χ3v) is 2.14. The number of rotatable bonds is 5. The van der Waals surface area contributed by atoms with Crippen molar-refractivity contribution >= 4 is 0 Å². The summed E-state index contributed by atoms with van der Waals surface area (Å²) in [5.74, 6) is 0.548. The monoisotopic (exact) mass is 170 g/mol. The van der Waals surface area contributed by atoms with E-state index in [4.69, 9.17) is 5.73 Å². The Morgan fingerprint density at radius 2 is 2.00 bits per heavy atom. The number of hydrogen-bond donors (Lipinski definition) is 2. The quantitative estimate of drug-likeness (QED) is 0.661. The predicted molar refractivity (Wildman–Crippen MR) is 54.9 cm³/mol. The van der Waals surface area contributed by atoms with Crippen molar-refractivity contribution in [2.24, 2.45) is 11.7 Å². The topological polar surface area (TPSA) is 38.0 Å². The van der Waals surface area contributed by atoms with Crippen molar-refractivity contribution < 1.29 is 0 Å². The predicted octanol–water partition coefficient (Wildman–Crippen LogP) is 1.87. The van der Waals surface area contributed by atoms with Crippen molar-refractivity contribution in [1.82, 2.24) is 5.32 Å². The van der Waals surface area contributed by atoms with E-state index in [2.05, 4.69) is 39.2 Å². The van der Waals surface area contributed by atoms with E-state index < -0.39 is 0 Å². The highest BCUT2D eigenvalue weighted by Crippen LogP contribution is 2.06. The zero-order valence-corrected chi connectivity index (χ0v) is 8.72. The fraction of sp³-hybridized carbons (Fsp3) is 0.800. The lowest BCUT2D eigenvalue weighted by Gasteiger charge is -2.13. The van der Waals surface area contributed by atoms with E-state index in [0.717, 1.165) is 6.42 Å². The smallest absolute Gasteiger partial charge is 0.0224 e. The Labute approximate surface area is 76.2 Å². The summed E-state index contributed by atoms with van der Waals surface area (Å²) < 4.78 is 0. The Morgan fingerprint density at radius 3 is 2.33 bits per heavy atom. The molecule has 0 aromatic heterocycles. The lowest BCUT2D eigenvalue weighted by Crippen LogP contribution is -2.22. The van der Waals surface area contributed by atoms with Crippen molar-refractivity contribution in [1.29, 1.82) is 0 Å². The molecule has 72 valence electrons. The summed E-state index contributed by atoms with van der Waals surface area (Å²) in [4.78, 5) is 0. The molecule has 0 radical (unpaired) electrons. The number of nitrogens with one attached hydrogen (secondary N) is 1. The molecule has 0 spiro atoms.